The number of amides is 1. The zero-order chi connectivity index (χ0) is 20.9. The van der Waals surface area contributed by atoms with Gasteiger partial charge >= 0.3 is 0 Å². The number of rotatable bonds is 4. The van der Waals surface area contributed by atoms with E-state index in [2.05, 4.69) is 39.7 Å². The molecular weight excluding hydrogens is 380 g/mol. The van der Waals surface area contributed by atoms with Gasteiger partial charge in [-0.25, -0.2) is 0 Å². The zero-order valence-electron chi connectivity index (χ0n) is 17.7. The molecule has 1 aromatic carbocycles. The van der Waals surface area contributed by atoms with Gasteiger partial charge in [-0.15, -0.1) is 0 Å². The highest BCUT2D eigenvalue weighted by molar-refractivity contribution is 5.98. The van der Waals surface area contributed by atoms with E-state index in [-0.39, 0.29) is 12.0 Å². The van der Waals surface area contributed by atoms with Crippen LogP contribution in [0.4, 0.5) is 5.69 Å². The van der Waals surface area contributed by atoms with Gasteiger partial charge in [0.1, 0.15) is 6.54 Å². The van der Waals surface area contributed by atoms with Crippen LogP contribution in [0.1, 0.15) is 24.5 Å². The molecule has 2 aliphatic heterocycles. The quantitative estimate of drug-likeness (QED) is 0.615. The minimum Gasteiger partial charge on any atom is -0.373 e. The number of benzene rings is 1. The second-order valence-electron chi connectivity index (χ2n) is 7.87. The molecule has 4 rings (SSSR count). The minimum absolute atomic E-state index is 0.0559. The average Bonchev–Trinajstić information content (AvgIpc) is 3.21. The first-order chi connectivity index (χ1) is 14.7. The number of aliphatic imine (C=N–C) groups is 1. The maximum Gasteiger partial charge on any atom is 0.246 e. The van der Waals surface area contributed by atoms with Gasteiger partial charge < -0.3 is 19.9 Å². The maximum atomic E-state index is 12.7. The molecule has 0 bridgehead atoms. The zero-order valence-corrected chi connectivity index (χ0v) is 17.7. The summed E-state index contributed by atoms with van der Waals surface area (Å²) in [6.07, 6.45) is 5.86. The molecule has 2 atom stereocenters. The predicted molar refractivity (Wildman–Crippen MR) is 116 cm³/mol. The molecule has 30 heavy (non-hydrogen) atoms. The van der Waals surface area contributed by atoms with E-state index in [1.54, 1.807) is 22.8 Å². The lowest BCUT2D eigenvalue weighted by atomic mass is 9.89. The van der Waals surface area contributed by atoms with Crippen LogP contribution in [0.3, 0.4) is 0 Å². The summed E-state index contributed by atoms with van der Waals surface area (Å²) in [5, 5.41) is 7.67. The second kappa shape index (κ2) is 9.30. The number of carbonyl (C=O) groups is 1. The summed E-state index contributed by atoms with van der Waals surface area (Å²) in [4.78, 5) is 21.0. The largest absolute Gasteiger partial charge is 0.373 e. The van der Waals surface area contributed by atoms with Gasteiger partial charge in [-0.3, -0.25) is 14.5 Å². The van der Waals surface area contributed by atoms with E-state index < -0.39 is 0 Å². The Labute approximate surface area is 177 Å². The van der Waals surface area contributed by atoms with Crippen molar-refractivity contribution in [3.05, 3.63) is 48.3 Å². The molecule has 8 heteroatoms. The SMILES string of the molecule is CN=C(NCC1CCCOC1c1ccccc1)N1CCN(c2cnn(C)c2)C(=O)C1. The third kappa shape index (κ3) is 4.48. The van der Waals surface area contributed by atoms with Crippen LogP contribution in [-0.4, -0.2) is 66.4 Å². The molecule has 0 radical (unpaired) electrons. The number of nitrogens with zero attached hydrogens (tertiary/aromatic N) is 5. The van der Waals surface area contributed by atoms with Crippen LogP contribution >= 0.6 is 0 Å². The predicted octanol–water partition coefficient (Wildman–Crippen LogP) is 1.81. The van der Waals surface area contributed by atoms with Crippen molar-refractivity contribution in [2.24, 2.45) is 18.0 Å². The third-order valence-electron chi connectivity index (χ3n) is 5.83. The number of aromatic nitrogens is 2. The Balaban J connectivity index is 1.36. The number of guanidine groups is 1. The van der Waals surface area contributed by atoms with E-state index in [0.29, 0.717) is 19.0 Å². The Morgan fingerprint density at radius 2 is 2.13 bits per heavy atom. The number of aryl methyl sites for hydroxylation is 1. The van der Waals surface area contributed by atoms with Crippen LogP contribution in [0, 0.1) is 5.92 Å². The Bertz CT molecular complexity index is 881. The lowest BCUT2D eigenvalue weighted by molar-refractivity contribution is -0.120. The van der Waals surface area contributed by atoms with Crippen LogP contribution < -0.4 is 10.2 Å². The van der Waals surface area contributed by atoms with Gasteiger partial charge in [0, 0.05) is 52.5 Å². The van der Waals surface area contributed by atoms with Crippen molar-refractivity contribution in [3.63, 3.8) is 0 Å². The first-order valence-corrected chi connectivity index (χ1v) is 10.6. The highest BCUT2D eigenvalue weighted by Gasteiger charge is 2.30. The first-order valence-electron chi connectivity index (χ1n) is 10.6. The van der Waals surface area contributed by atoms with Gasteiger partial charge in [0.2, 0.25) is 5.91 Å². The Morgan fingerprint density at radius 3 is 2.83 bits per heavy atom. The second-order valence-corrected chi connectivity index (χ2v) is 7.87. The van der Waals surface area contributed by atoms with Crippen LogP contribution in [0.5, 0.6) is 0 Å². The number of hydrogen-bond donors (Lipinski definition) is 1. The number of anilines is 1. The molecule has 2 saturated heterocycles. The Morgan fingerprint density at radius 1 is 1.30 bits per heavy atom. The molecule has 160 valence electrons. The van der Waals surface area contributed by atoms with Gasteiger partial charge in [-0.1, -0.05) is 30.3 Å². The average molecular weight is 411 g/mol. The highest BCUT2D eigenvalue weighted by Crippen LogP contribution is 2.33. The van der Waals surface area contributed by atoms with Crippen LogP contribution in [-0.2, 0) is 16.6 Å². The fraction of sp³-hybridized carbons (Fsp3) is 0.500. The van der Waals surface area contributed by atoms with E-state index in [0.717, 1.165) is 44.2 Å². The van der Waals surface area contributed by atoms with Crippen LogP contribution in [0.15, 0.2) is 47.7 Å². The van der Waals surface area contributed by atoms with Gasteiger partial charge in [-0.2, -0.15) is 5.10 Å². The topological polar surface area (TPSA) is 75.0 Å². The summed E-state index contributed by atoms with van der Waals surface area (Å²) >= 11 is 0. The Kier molecular flexibility index (Phi) is 6.32. The van der Waals surface area contributed by atoms with Crippen molar-refractivity contribution in [1.29, 1.82) is 0 Å². The summed E-state index contributed by atoms with van der Waals surface area (Å²) < 4.78 is 7.82. The van der Waals surface area contributed by atoms with Gasteiger partial charge in [0.15, 0.2) is 5.96 Å². The third-order valence-corrected chi connectivity index (χ3v) is 5.83. The van der Waals surface area contributed by atoms with Crippen molar-refractivity contribution in [1.82, 2.24) is 20.0 Å². The molecule has 1 aromatic heterocycles. The van der Waals surface area contributed by atoms with Crippen molar-refractivity contribution >= 4 is 17.6 Å². The number of hydrogen-bond acceptors (Lipinski definition) is 4. The van der Waals surface area contributed by atoms with Crippen molar-refractivity contribution in [2.75, 3.05) is 44.7 Å². The van der Waals surface area contributed by atoms with Crippen molar-refractivity contribution in [3.8, 4) is 0 Å². The molecule has 2 unspecified atom stereocenters. The molecule has 2 aliphatic rings. The summed E-state index contributed by atoms with van der Waals surface area (Å²) in [6.45, 7) is 3.21. The van der Waals surface area contributed by atoms with Crippen molar-refractivity contribution < 1.29 is 9.53 Å². The minimum atomic E-state index is 0.0559. The molecule has 1 amide bonds. The molecule has 1 N–H and O–H groups in total. The molecule has 3 heterocycles. The van der Waals surface area contributed by atoms with E-state index in [1.807, 2.05) is 24.2 Å². The molecule has 2 aromatic rings. The summed E-state index contributed by atoms with van der Waals surface area (Å²) in [5.74, 6) is 1.19. The molecule has 0 spiro atoms. The normalized spacial score (nSPS) is 23.0. The lowest BCUT2D eigenvalue weighted by Crippen LogP contribution is -2.56. The number of ether oxygens (including phenoxy) is 1. The first kappa shape index (κ1) is 20.4. The van der Waals surface area contributed by atoms with E-state index in [1.165, 1.54) is 5.56 Å². The summed E-state index contributed by atoms with van der Waals surface area (Å²) in [5.41, 5.74) is 2.06. The molecule has 2 fully saturated rings. The Hall–Kier alpha value is -2.87. The van der Waals surface area contributed by atoms with E-state index >= 15 is 0 Å². The number of nitrogens with one attached hydrogen (secondary N) is 1. The number of carbonyl (C=O) groups excluding carboxylic acids is 1. The molecule has 0 aliphatic carbocycles. The van der Waals surface area contributed by atoms with Crippen LogP contribution in [0.25, 0.3) is 0 Å². The standard InChI is InChI=1S/C22H30N6O2/c1-23-22(27-10-11-28(20(29)16-27)19-14-25-26(2)15-19)24-13-18-9-6-12-30-21(18)17-7-4-3-5-8-17/h3-5,7-8,14-15,18,21H,6,9-13,16H2,1-2H3,(H,23,24). The van der Waals surface area contributed by atoms with Crippen LogP contribution in [0.2, 0.25) is 0 Å². The van der Waals surface area contributed by atoms with Gasteiger partial charge in [0.05, 0.1) is 18.0 Å². The van der Waals surface area contributed by atoms with Gasteiger partial charge in [-0.05, 0) is 18.4 Å². The summed E-state index contributed by atoms with van der Waals surface area (Å²) in [7, 11) is 3.63. The molecule has 0 saturated carbocycles. The maximum absolute atomic E-state index is 12.7. The highest BCUT2D eigenvalue weighted by atomic mass is 16.5. The summed E-state index contributed by atoms with van der Waals surface area (Å²) in [6, 6.07) is 10.4. The van der Waals surface area contributed by atoms with E-state index in [4.69, 9.17) is 4.74 Å². The fourth-order valence-electron chi connectivity index (χ4n) is 4.29. The van der Waals surface area contributed by atoms with E-state index in [9.17, 15) is 4.79 Å². The van der Waals surface area contributed by atoms with Gasteiger partial charge in [0.25, 0.3) is 0 Å². The number of piperazine rings is 1. The van der Waals surface area contributed by atoms with Crippen molar-refractivity contribution in [2.45, 2.75) is 18.9 Å². The lowest BCUT2D eigenvalue weighted by Gasteiger charge is -2.37. The fourth-order valence-corrected chi connectivity index (χ4v) is 4.29. The molecule has 8 nitrogen and oxygen atoms in total. The molecular formula is C22H30N6O2. The smallest absolute Gasteiger partial charge is 0.246 e. The monoisotopic (exact) mass is 410 g/mol.